The number of carbonyl (C=O) groups excluding carboxylic acids is 1. The van der Waals surface area contributed by atoms with E-state index in [-0.39, 0.29) is 33.9 Å². The number of benzene rings is 2. The van der Waals surface area contributed by atoms with Gasteiger partial charge in [0.05, 0.1) is 12.0 Å². The van der Waals surface area contributed by atoms with Gasteiger partial charge in [0.1, 0.15) is 5.82 Å². The van der Waals surface area contributed by atoms with Crippen molar-refractivity contribution in [2.45, 2.75) is 0 Å². The van der Waals surface area contributed by atoms with E-state index in [2.05, 4.69) is 9.88 Å². The van der Waals surface area contributed by atoms with Crippen molar-refractivity contribution in [3.8, 4) is 17.2 Å². The quantitative estimate of drug-likeness (QED) is 0.390. The molecule has 4 rings (SSSR count). The number of aromatic nitrogens is 1. The van der Waals surface area contributed by atoms with Gasteiger partial charge in [0.2, 0.25) is 5.75 Å². The maximum Gasteiger partial charge on any atom is 0.313 e. The van der Waals surface area contributed by atoms with Crippen LogP contribution >= 0.6 is 11.6 Å². The molecule has 0 unspecified atom stereocenters. The summed E-state index contributed by atoms with van der Waals surface area (Å²) in [5, 5.41) is 11.6. The lowest BCUT2D eigenvalue weighted by atomic mass is 10.1. The molecule has 1 amide bonds. The van der Waals surface area contributed by atoms with Crippen LogP contribution in [0.15, 0.2) is 60.8 Å². The smallest absolute Gasteiger partial charge is 0.313 e. The Bertz CT molecular complexity index is 1170. The lowest BCUT2D eigenvalue weighted by Crippen LogP contribution is -2.49. The highest BCUT2D eigenvalue weighted by atomic mass is 35.5. The molecule has 10 heteroatoms. The third-order valence-corrected chi connectivity index (χ3v) is 5.52. The van der Waals surface area contributed by atoms with E-state index < -0.39 is 4.92 Å². The van der Waals surface area contributed by atoms with Crippen LogP contribution in [-0.2, 0) is 0 Å². The molecule has 3 aromatic rings. The molecule has 0 spiro atoms. The van der Waals surface area contributed by atoms with Gasteiger partial charge in [-0.2, -0.15) is 0 Å². The molecule has 0 N–H and O–H groups in total. The number of rotatable bonds is 6. The van der Waals surface area contributed by atoms with Crippen molar-refractivity contribution in [2.75, 3.05) is 38.2 Å². The fourth-order valence-corrected chi connectivity index (χ4v) is 3.75. The number of hydrogen-bond acceptors (Lipinski definition) is 7. The van der Waals surface area contributed by atoms with Crippen LogP contribution < -0.4 is 14.4 Å². The van der Waals surface area contributed by atoms with Crippen molar-refractivity contribution in [3.63, 3.8) is 0 Å². The molecule has 2 heterocycles. The highest BCUT2D eigenvalue weighted by Gasteiger charge is 2.24. The van der Waals surface area contributed by atoms with Crippen LogP contribution in [0.1, 0.15) is 10.4 Å². The number of nitrogens with zero attached hydrogens (tertiary/aromatic N) is 4. The predicted molar refractivity (Wildman–Crippen MR) is 124 cm³/mol. The summed E-state index contributed by atoms with van der Waals surface area (Å²) in [6, 6.07) is 14.6. The molecule has 170 valence electrons. The zero-order valence-electron chi connectivity index (χ0n) is 17.8. The largest absolute Gasteiger partial charge is 0.493 e. The summed E-state index contributed by atoms with van der Waals surface area (Å²) in [6.07, 6.45) is 1.75. The molecule has 33 heavy (non-hydrogen) atoms. The van der Waals surface area contributed by atoms with Gasteiger partial charge in [0.25, 0.3) is 5.91 Å². The number of nitro groups is 1. The van der Waals surface area contributed by atoms with Crippen molar-refractivity contribution < 1.29 is 19.2 Å². The summed E-state index contributed by atoms with van der Waals surface area (Å²) in [5.41, 5.74) is 0.173. The molecule has 0 radical (unpaired) electrons. The normalized spacial score (nSPS) is 13.5. The van der Waals surface area contributed by atoms with Gasteiger partial charge in [0.15, 0.2) is 11.5 Å². The highest BCUT2D eigenvalue weighted by molar-refractivity contribution is 6.30. The van der Waals surface area contributed by atoms with Crippen LogP contribution in [0.2, 0.25) is 5.02 Å². The first kappa shape index (κ1) is 22.3. The molecule has 1 aliphatic rings. The first-order valence-corrected chi connectivity index (χ1v) is 10.6. The lowest BCUT2D eigenvalue weighted by molar-refractivity contribution is -0.385. The standard InChI is InChI=1S/C23H21ClN4O5/c1-32-21-14-16(5-7-20(21)33-19-8-6-17(24)15-18(19)28(30)31)23(29)27-12-10-26(11-13-27)22-4-2-3-9-25-22/h2-9,14-15H,10-13H2,1H3. The zero-order chi connectivity index (χ0) is 23.4. The Kier molecular flexibility index (Phi) is 6.60. The molecular formula is C23H21ClN4O5. The van der Waals surface area contributed by atoms with Crippen molar-refractivity contribution in [3.05, 3.63) is 81.5 Å². The van der Waals surface area contributed by atoms with E-state index in [0.29, 0.717) is 31.7 Å². The second kappa shape index (κ2) is 9.74. The first-order valence-electron chi connectivity index (χ1n) is 10.2. The van der Waals surface area contributed by atoms with E-state index in [9.17, 15) is 14.9 Å². The van der Waals surface area contributed by atoms with Gasteiger partial charge in [-0.15, -0.1) is 0 Å². The van der Waals surface area contributed by atoms with Crippen LogP contribution in [0.3, 0.4) is 0 Å². The van der Waals surface area contributed by atoms with E-state index in [1.54, 1.807) is 29.3 Å². The Morgan fingerprint density at radius 2 is 1.79 bits per heavy atom. The number of halogens is 1. The third kappa shape index (κ3) is 4.98. The topological polar surface area (TPSA) is 98.0 Å². The molecular weight excluding hydrogens is 448 g/mol. The fourth-order valence-electron chi connectivity index (χ4n) is 3.58. The lowest BCUT2D eigenvalue weighted by Gasteiger charge is -2.35. The monoisotopic (exact) mass is 468 g/mol. The maximum absolute atomic E-state index is 13.1. The van der Waals surface area contributed by atoms with E-state index in [1.807, 2.05) is 18.2 Å². The zero-order valence-corrected chi connectivity index (χ0v) is 18.6. The van der Waals surface area contributed by atoms with Gasteiger partial charge in [0, 0.05) is 49.0 Å². The van der Waals surface area contributed by atoms with E-state index in [4.69, 9.17) is 21.1 Å². The average Bonchev–Trinajstić information content (AvgIpc) is 2.85. The molecule has 1 aliphatic heterocycles. The Labute approximate surface area is 195 Å². The van der Waals surface area contributed by atoms with Gasteiger partial charge in [-0.3, -0.25) is 14.9 Å². The number of pyridine rings is 1. The molecule has 2 aromatic carbocycles. The molecule has 1 saturated heterocycles. The molecule has 9 nitrogen and oxygen atoms in total. The minimum atomic E-state index is -0.573. The second-order valence-electron chi connectivity index (χ2n) is 7.30. The Balaban J connectivity index is 1.48. The Hall–Kier alpha value is -3.85. The van der Waals surface area contributed by atoms with Crippen LogP contribution in [0, 0.1) is 10.1 Å². The maximum atomic E-state index is 13.1. The van der Waals surface area contributed by atoms with Gasteiger partial charge in [-0.05, 0) is 42.5 Å². The summed E-state index contributed by atoms with van der Waals surface area (Å²) in [5.74, 6) is 1.33. The third-order valence-electron chi connectivity index (χ3n) is 5.29. The van der Waals surface area contributed by atoms with Gasteiger partial charge in [-0.25, -0.2) is 4.98 Å². The van der Waals surface area contributed by atoms with E-state index >= 15 is 0 Å². The van der Waals surface area contributed by atoms with Crippen molar-refractivity contribution in [1.82, 2.24) is 9.88 Å². The molecule has 0 aliphatic carbocycles. The van der Waals surface area contributed by atoms with Crippen LogP contribution in [-0.4, -0.2) is 54.0 Å². The second-order valence-corrected chi connectivity index (χ2v) is 7.74. The van der Waals surface area contributed by atoms with Crippen LogP contribution in [0.4, 0.5) is 11.5 Å². The SMILES string of the molecule is COc1cc(C(=O)N2CCN(c3ccccn3)CC2)ccc1Oc1ccc(Cl)cc1[N+](=O)[O-]. The number of methoxy groups -OCH3 is 1. The Morgan fingerprint density at radius 1 is 1.03 bits per heavy atom. The van der Waals surface area contributed by atoms with E-state index in [1.165, 1.54) is 25.3 Å². The predicted octanol–water partition coefficient (Wildman–Crippen LogP) is 4.41. The highest BCUT2D eigenvalue weighted by Crippen LogP contribution is 2.38. The summed E-state index contributed by atoms with van der Waals surface area (Å²) >= 11 is 5.86. The van der Waals surface area contributed by atoms with Crippen LogP contribution in [0.5, 0.6) is 17.2 Å². The molecule has 1 fully saturated rings. The first-order chi connectivity index (χ1) is 16.0. The molecule has 0 atom stereocenters. The molecule has 0 saturated carbocycles. The number of hydrogen-bond donors (Lipinski definition) is 0. The number of anilines is 1. The van der Waals surface area contributed by atoms with Crippen molar-refractivity contribution >= 4 is 29.0 Å². The van der Waals surface area contributed by atoms with Gasteiger partial charge < -0.3 is 19.3 Å². The van der Waals surface area contributed by atoms with Crippen LogP contribution in [0.25, 0.3) is 0 Å². The number of carbonyl (C=O) groups is 1. The summed E-state index contributed by atoms with van der Waals surface area (Å²) in [4.78, 5) is 32.1. The minimum Gasteiger partial charge on any atom is -0.493 e. The van der Waals surface area contributed by atoms with Crippen molar-refractivity contribution in [1.29, 1.82) is 0 Å². The minimum absolute atomic E-state index is 0.0208. The van der Waals surface area contributed by atoms with E-state index in [0.717, 1.165) is 5.82 Å². The van der Waals surface area contributed by atoms with Crippen molar-refractivity contribution in [2.24, 2.45) is 0 Å². The van der Waals surface area contributed by atoms with Gasteiger partial charge in [-0.1, -0.05) is 17.7 Å². The molecule has 0 bridgehead atoms. The number of piperazine rings is 1. The number of ether oxygens (including phenoxy) is 2. The number of amides is 1. The number of nitro benzene ring substituents is 1. The van der Waals surface area contributed by atoms with Gasteiger partial charge >= 0.3 is 5.69 Å². The fraction of sp³-hybridized carbons (Fsp3) is 0.217. The molecule has 1 aromatic heterocycles. The summed E-state index contributed by atoms with van der Waals surface area (Å²) < 4.78 is 11.1. The summed E-state index contributed by atoms with van der Waals surface area (Å²) in [7, 11) is 1.44. The Morgan fingerprint density at radius 3 is 2.45 bits per heavy atom. The average molecular weight is 469 g/mol. The summed E-state index contributed by atoms with van der Waals surface area (Å²) in [6.45, 7) is 2.49.